The summed E-state index contributed by atoms with van der Waals surface area (Å²) in [5, 5.41) is 0. The number of ether oxygens (including phenoxy) is 6. The van der Waals surface area contributed by atoms with Gasteiger partial charge in [-0.1, -0.05) is 121 Å². The highest BCUT2D eigenvalue weighted by Crippen LogP contribution is 2.39. The molecule has 4 unspecified atom stereocenters. The lowest BCUT2D eigenvalue weighted by Crippen LogP contribution is -2.38. The largest absolute Gasteiger partial charge is 0.488 e. The third kappa shape index (κ3) is 11.6. The number of rotatable bonds is 15. The molecule has 0 N–H and O–H groups in total. The Labute approximate surface area is 411 Å². The Morgan fingerprint density at radius 2 is 0.884 bits per heavy atom. The fourth-order valence-corrected chi connectivity index (χ4v) is 11.0. The number of hydrogen-bond donors (Lipinski definition) is 0. The first-order valence-corrected chi connectivity index (χ1v) is 25.7. The van der Waals surface area contributed by atoms with Crippen LogP contribution in [0.1, 0.15) is 112 Å². The monoisotopic (exact) mass is 950 g/mol. The van der Waals surface area contributed by atoms with E-state index in [1.807, 2.05) is 36.4 Å². The second kappa shape index (κ2) is 19.0. The lowest BCUT2D eigenvalue weighted by atomic mass is 9.76. The van der Waals surface area contributed by atoms with Gasteiger partial charge in [-0.15, -0.1) is 0 Å². The SMILES string of the molecule is CC(C)(C)OC1COC2C(Oc3ccc(-c4ccc(C(C)(C)CC(C)(C)Oc5ccc(C(C)(C)c6ccc(Oc7ccc(S(=O)(=O)c8ccc(C(C)(C)C)cc8)cc7)cc6)cc5)cc4)cc3)COC12. The summed E-state index contributed by atoms with van der Waals surface area (Å²) in [5.41, 5.74) is 5.70. The van der Waals surface area contributed by atoms with Gasteiger partial charge in [0.05, 0.1) is 28.6 Å². The van der Waals surface area contributed by atoms with E-state index in [-0.39, 0.29) is 56.1 Å². The van der Waals surface area contributed by atoms with Gasteiger partial charge >= 0.3 is 0 Å². The lowest BCUT2D eigenvalue weighted by molar-refractivity contribution is -0.104. The van der Waals surface area contributed by atoms with Gasteiger partial charge in [-0.2, -0.15) is 0 Å². The molecule has 2 aliphatic rings. The van der Waals surface area contributed by atoms with Crippen molar-refractivity contribution in [2.45, 2.75) is 151 Å². The molecule has 69 heavy (non-hydrogen) atoms. The summed E-state index contributed by atoms with van der Waals surface area (Å²) in [6.45, 7) is 26.8. The minimum absolute atomic E-state index is 0.0597. The Kier molecular flexibility index (Phi) is 13.8. The second-order valence-corrected chi connectivity index (χ2v) is 24.5. The molecule has 6 aromatic carbocycles. The molecule has 4 atom stereocenters. The molecule has 0 radical (unpaired) electrons. The zero-order valence-corrected chi connectivity index (χ0v) is 43.3. The Bertz CT molecular complexity index is 2780. The van der Waals surface area contributed by atoms with Crippen LogP contribution in [0.15, 0.2) is 155 Å². The molecule has 0 amide bonds. The van der Waals surface area contributed by atoms with E-state index in [2.05, 4.69) is 156 Å². The fraction of sp³-hybridized carbons (Fsp3) is 0.400. The predicted molar refractivity (Wildman–Crippen MR) is 275 cm³/mol. The van der Waals surface area contributed by atoms with E-state index >= 15 is 0 Å². The van der Waals surface area contributed by atoms with E-state index in [1.54, 1.807) is 36.4 Å². The van der Waals surface area contributed by atoms with Crippen molar-refractivity contribution >= 4 is 9.84 Å². The van der Waals surface area contributed by atoms with Crippen molar-refractivity contribution in [3.8, 4) is 34.1 Å². The van der Waals surface area contributed by atoms with E-state index in [9.17, 15) is 8.42 Å². The molecule has 364 valence electrons. The van der Waals surface area contributed by atoms with Gasteiger partial charge in [-0.05, 0) is 158 Å². The summed E-state index contributed by atoms with van der Waals surface area (Å²) in [6.07, 6.45) is 0.298. The molecular weight excluding hydrogens is 881 g/mol. The number of hydrogen-bond acceptors (Lipinski definition) is 8. The molecular formula is C60H70O8S. The van der Waals surface area contributed by atoms with Crippen molar-refractivity contribution in [2.24, 2.45) is 0 Å². The van der Waals surface area contributed by atoms with E-state index in [4.69, 9.17) is 28.4 Å². The van der Waals surface area contributed by atoms with Gasteiger partial charge in [0.15, 0.2) is 6.10 Å². The molecule has 8 nitrogen and oxygen atoms in total. The Morgan fingerprint density at radius 3 is 1.39 bits per heavy atom. The van der Waals surface area contributed by atoms with Gasteiger partial charge in [0, 0.05) is 5.41 Å². The standard InChI is InChI=1S/C60H70O8S/c1-56(2,3)42-23-33-50(34-24-42)69(61,62)51-35-31-47(32-36-51)65-46-27-19-44(20-28-46)60(11,12)45-21-29-49(30-22-45)67-59(9,10)39-58(7,8)43-17-13-40(14-18-43)41-15-25-48(26-16-41)66-52-37-63-55-53(38-64-54(52)55)68-57(4,5)6/h13-36,52-55H,37-39H2,1-12H3. The Morgan fingerprint density at radius 1 is 0.478 bits per heavy atom. The van der Waals surface area contributed by atoms with Crippen LogP contribution in [0.4, 0.5) is 0 Å². The Hall–Kier alpha value is -5.45. The third-order valence-electron chi connectivity index (χ3n) is 13.4. The predicted octanol–water partition coefficient (Wildman–Crippen LogP) is 13.9. The number of sulfone groups is 1. The molecule has 2 heterocycles. The zero-order chi connectivity index (χ0) is 49.6. The molecule has 0 bridgehead atoms. The van der Waals surface area contributed by atoms with Crippen LogP contribution >= 0.6 is 0 Å². The van der Waals surface area contributed by atoms with Gasteiger partial charge in [0.25, 0.3) is 0 Å². The highest BCUT2D eigenvalue weighted by Gasteiger charge is 2.50. The van der Waals surface area contributed by atoms with E-state index < -0.39 is 15.4 Å². The molecule has 2 fully saturated rings. The van der Waals surface area contributed by atoms with Crippen LogP contribution in [0.3, 0.4) is 0 Å². The van der Waals surface area contributed by atoms with Crippen LogP contribution in [0.2, 0.25) is 0 Å². The van der Waals surface area contributed by atoms with Crippen LogP contribution in [0, 0.1) is 0 Å². The van der Waals surface area contributed by atoms with Crippen molar-refractivity contribution in [2.75, 3.05) is 13.2 Å². The molecule has 0 saturated carbocycles. The molecule has 8 rings (SSSR count). The summed E-state index contributed by atoms with van der Waals surface area (Å²) in [7, 11) is -3.66. The van der Waals surface area contributed by atoms with Crippen molar-refractivity contribution in [1.29, 1.82) is 0 Å². The quantitative estimate of drug-likeness (QED) is 0.101. The smallest absolute Gasteiger partial charge is 0.206 e. The average molecular weight is 951 g/mol. The van der Waals surface area contributed by atoms with E-state index in [0.717, 1.165) is 45.7 Å². The molecule has 2 aliphatic heterocycles. The van der Waals surface area contributed by atoms with Crippen molar-refractivity contribution < 1.29 is 36.8 Å². The maximum atomic E-state index is 13.4. The van der Waals surface area contributed by atoms with Gasteiger partial charge in [-0.3, -0.25) is 0 Å². The van der Waals surface area contributed by atoms with Crippen molar-refractivity contribution in [1.82, 2.24) is 0 Å². The molecule has 0 aliphatic carbocycles. The van der Waals surface area contributed by atoms with E-state index in [1.165, 1.54) is 5.56 Å². The first-order chi connectivity index (χ1) is 32.4. The van der Waals surface area contributed by atoms with Crippen LogP contribution in [0.5, 0.6) is 23.0 Å². The van der Waals surface area contributed by atoms with Gasteiger partial charge in [0.2, 0.25) is 9.84 Å². The summed E-state index contributed by atoms with van der Waals surface area (Å²) in [5.74, 6) is 2.85. The number of fused-ring (bicyclic) bond motifs is 1. The van der Waals surface area contributed by atoms with Gasteiger partial charge in [0.1, 0.15) is 46.9 Å². The maximum Gasteiger partial charge on any atom is 0.206 e. The second-order valence-electron chi connectivity index (χ2n) is 22.6. The molecule has 9 heteroatoms. The minimum Gasteiger partial charge on any atom is -0.488 e. The number of benzene rings is 6. The molecule has 2 saturated heterocycles. The zero-order valence-electron chi connectivity index (χ0n) is 42.5. The fourth-order valence-electron chi connectivity index (χ4n) is 9.76. The topological polar surface area (TPSA) is 89.5 Å². The molecule has 0 spiro atoms. The maximum absolute atomic E-state index is 13.4. The van der Waals surface area contributed by atoms with Crippen molar-refractivity contribution in [3.63, 3.8) is 0 Å². The Balaban J connectivity index is 0.830. The van der Waals surface area contributed by atoms with Crippen LogP contribution in [-0.4, -0.2) is 57.2 Å². The first kappa shape index (κ1) is 50.0. The van der Waals surface area contributed by atoms with E-state index in [0.29, 0.717) is 24.7 Å². The highest BCUT2D eigenvalue weighted by molar-refractivity contribution is 7.91. The molecule has 0 aromatic heterocycles. The molecule has 6 aromatic rings. The average Bonchev–Trinajstić information content (AvgIpc) is 3.88. The van der Waals surface area contributed by atoms with Crippen LogP contribution in [0.25, 0.3) is 11.1 Å². The first-order valence-electron chi connectivity index (χ1n) is 24.2. The normalized spacial score (nSPS) is 19.0. The minimum atomic E-state index is -3.66. The highest BCUT2D eigenvalue weighted by atomic mass is 32.2. The summed E-state index contributed by atoms with van der Waals surface area (Å²) in [6, 6.07) is 47.3. The summed E-state index contributed by atoms with van der Waals surface area (Å²) >= 11 is 0. The van der Waals surface area contributed by atoms with Crippen LogP contribution < -0.4 is 14.2 Å². The van der Waals surface area contributed by atoms with Crippen molar-refractivity contribution in [3.05, 3.63) is 168 Å². The van der Waals surface area contributed by atoms with Crippen LogP contribution in [-0.2, 0) is 40.3 Å². The summed E-state index contributed by atoms with van der Waals surface area (Å²) < 4.78 is 64.2. The summed E-state index contributed by atoms with van der Waals surface area (Å²) in [4.78, 5) is 0.496. The lowest BCUT2D eigenvalue weighted by Gasteiger charge is -2.36. The van der Waals surface area contributed by atoms with Gasteiger partial charge < -0.3 is 28.4 Å². The third-order valence-corrected chi connectivity index (χ3v) is 15.2. The van der Waals surface area contributed by atoms with Gasteiger partial charge in [-0.25, -0.2) is 8.42 Å².